The van der Waals surface area contributed by atoms with E-state index in [0.29, 0.717) is 19.8 Å². The summed E-state index contributed by atoms with van der Waals surface area (Å²) in [5.41, 5.74) is -0.241. The summed E-state index contributed by atoms with van der Waals surface area (Å²) in [7, 11) is 0. The first-order chi connectivity index (χ1) is 7.11. The van der Waals surface area contributed by atoms with Crippen LogP contribution in [0.2, 0.25) is 0 Å². The van der Waals surface area contributed by atoms with E-state index >= 15 is 0 Å². The predicted molar refractivity (Wildman–Crippen MR) is 52.8 cm³/mol. The Hall–Kier alpha value is -1.38. The molecule has 84 valence electrons. The molecule has 0 aromatic rings. The Bertz CT molecular complexity index is 257. The van der Waals surface area contributed by atoms with E-state index in [1.165, 1.54) is 0 Å². The minimum absolute atomic E-state index is 0.241. The molecule has 0 saturated heterocycles. The minimum Gasteiger partial charge on any atom is -0.432 e. The van der Waals surface area contributed by atoms with E-state index in [1.807, 2.05) is 6.92 Å². The minimum atomic E-state index is -0.763. The molecule has 0 amide bonds. The molecular formula is C10H15NO4. The Balaban J connectivity index is 3.65. The van der Waals surface area contributed by atoms with Crippen molar-refractivity contribution in [3.63, 3.8) is 0 Å². The molecule has 1 atom stereocenters. The van der Waals surface area contributed by atoms with Crippen LogP contribution >= 0.6 is 0 Å². The van der Waals surface area contributed by atoms with E-state index in [-0.39, 0.29) is 5.57 Å². The summed E-state index contributed by atoms with van der Waals surface area (Å²) in [4.78, 5) is 11.0. The van der Waals surface area contributed by atoms with Gasteiger partial charge in [0.25, 0.3) is 0 Å². The molecule has 0 aromatic carbocycles. The Morgan fingerprint density at radius 2 is 2.20 bits per heavy atom. The summed E-state index contributed by atoms with van der Waals surface area (Å²) in [5.74, 6) is -0.763. The number of nitrogens with zero attached hydrogens (tertiary/aromatic N) is 1. The van der Waals surface area contributed by atoms with Crippen LogP contribution in [0.4, 0.5) is 0 Å². The van der Waals surface area contributed by atoms with Crippen molar-refractivity contribution in [2.75, 3.05) is 19.8 Å². The highest BCUT2D eigenvalue weighted by molar-refractivity contribution is 5.91. The van der Waals surface area contributed by atoms with Gasteiger partial charge in [-0.05, 0) is 13.8 Å². The number of hydrogen-bond donors (Lipinski definition) is 0. The number of hydrogen-bond acceptors (Lipinski definition) is 5. The molecule has 0 radical (unpaired) electrons. The lowest BCUT2D eigenvalue weighted by Crippen LogP contribution is -2.20. The molecule has 0 aliphatic heterocycles. The first kappa shape index (κ1) is 13.6. The number of carbonyl (C=O) groups excluding carboxylic acids is 1. The second-order valence-electron chi connectivity index (χ2n) is 2.63. The molecule has 0 rings (SSSR count). The second-order valence-corrected chi connectivity index (χ2v) is 2.63. The number of ether oxygens (including phenoxy) is 3. The average molecular weight is 213 g/mol. The molecule has 0 fully saturated rings. The fourth-order valence-corrected chi connectivity index (χ4v) is 0.719. The molecule has 0 bridgehead atoms. The summed E-state index contributed by atoms with van der Waals surface area (Å²) in [5, 5.41) is 8.35. The third-order valence-electron chi connectivity index (χ3n) is 1.44. The quantitative estimate of drug-likeness (QED) is 0.207. The fraction of sp³-hybridized carbons (Fsp3) is 0.600. The van der Waals surface area contributed by atoms with Crippen LogP contribution in [-0.4, -0.2) is 32.1 Å². The van der Waals surface area contributed by atoms with Gasteiger partial charge >= 0.3 is 5.97 Å². The summed E-state index contributed by atoms with van der Waals surface area (Å²) < 4.78 is 14.9. The lowest BCUT2D eigenvalue weighted by Gasteiger charge is -2.13. The summed E-state index contributed by atoms with van der Waals surface area (Å²) in [6.07, 6.45) is -0.706. The van der Waals surface area contributed by atoms with Crippen molar-refractivity contribution in [3.05, 3.63) is 12.2 Å². The Labute approximate surface area is 89.2 Å². The van der Waals surface area contributed by atoms with Gasteiger partial charge in [-0.25, -0.2) is 4.79 Å². The highest BCUT2D eigenvalue weighted by Crippen LogP contribution is 1.99. The van der Waals surface area contributed by atoms with E-state index < -0.39 is 12.3 Å². The molecule has 0 heterocycles. The first-order valence-electron chi connectivity index (χ1n) is 4.61. The van der Waals surface area contributed by atoms with Crippen LogP contribution in [0.5, 0.6) is 0 Å². The Kier molecular flexibility index (Phi) is 7.24. The van der Waals surface area contributed by atoms with Crippen molar-refractivity contribution in [3.8, 4) is 6.07 Å². The first-order valence-corrected chi connectivity index (χ1v) is 4.61. The smallest absolute Gasteiger partial charge is 0.350 e. The molecule has 5 heteroatoms. The van der Waals surface area contributed by atoms with Crippen LogP contribution in [0, 0.1) is 11.3 Å². The van der Waals surface area contributed by atoms with E-state index in [0.717, 1.165) is 0 Å². The number of nitriles is 1. The highest BCUT2D eigenvalue weighted by atomic mass is 16.7. The molecule has 0 saturated carbocycles. The molecule has 0 aliphatic carbocycles. The van der Waals surface area contributed by atoms with Crippen molar-refractivity contribution in [2.45, 2.75) is 20.1 Å². The van der Waals surface area contributed by atoms with Crippen molar-refractivity contribution in [1.29, 1.82) is 5.26 Å². The zero-order chi connectivity index (χ0) is 11.7. The molecule has 15 heavy (non-hydrogen) atoms. The highest BCUT2D eigenvalue weighted by Gasteiger charge is 2.12. The van der Waals surface area contributed by atoms with Crippen molar-refractivity contribution in [1.82, 2.24) is 0 Å². The van der Waals surface area contributed by atoms with Crippen molar-refractivity contribution in [2.24, 2.45) is 0 Å². The van der Waals surface area contributed by atoms with Gasteiger partial charge in [0.2, 0.25) is 6.29 Å². The third kappa shape index (κ3) is 6.66. The summed E-state index contributed by atoms with van der Waals surface area (Å²) >= 11 is 0. The van der Waals surface area contributed by atoms with Crippen LogP contribution < -0.4 is 0 Å². The average Bonchev–Trinajstić information content (AvgIpc) is 2.23. The van der Waals surface area contributed by atoms with Crippen molar-refractivity contribution < 1.29 is 19.0 Å². The van der Waals surface area contributed by atoms with Crippen LogP contribution in [0.3, 0.4) is 0 Å². The lowest BCUT2D eigenvalue weighted by atomic mass is 10.3. The molecule has 0 N–H and O–H groups in total. The van der Waals surface area contributed by atoms with Gasteiger partial charge in [-0.1, -0.05) is 6.58 Å². The van der Waals surface area contributed by atoms with Gasteiger partial charge in [-0.15, -0.1) is 0 Å². The van der Waals surface area contributed by atoms with E-state index in [4.69, 9.17) is 19.5 Å². The maximum Gasteiger partial charge on any atom is 0.350 e. The van der Waals surface area contributed by atoms with E-state index in [9.17, 15) is 4.79 Å². The summed E-state index contributed by atoms with van der Waals surface area (Å²) in [6, 6.07) is 1.60. The van der Waals surface area contributed by atoms with Gasteiger partial charge in [0.15, 0.2) is 0 Å². The van der Waals surface area contributed by atoms with Crippen LogP contribution in [0.25, 0.3) is 0 Å². The van der Waals surface area contributed by atoms with Gasteiger partial charge in [0.1, 0.15) is 11.6 Å². The predicted octanol–water partition coefficient (Wildman–Crippen LogP) is 1.01. The van der Waals surface area contributed by atoms with Crippen LogP contribution in [-0.2, 0) is 19.0 Å². The zero-order valence-corrected chi connectivity index (χ0v) is 8.99. The van der Waals surface area contributed by atoms with E-state index in [1.54, 1.807) is 13.0 Å². The normalized spacial score (nSPS) is 11.5. The maximum absolute atomic E-state index is 11.0. The largest absolute Gasteiger partial charge is 0.432 e. The molecule has 0 aromatic heterocycles. The monoisotopic (exact) mass is 213 g/mol. The van der Waals surface area contributed by atoms with Crippen molar-refractivity contribution >= 4 is 5.97 Å². The van der Waals surface area contributed by atoms with Gasteiger partial charge in [-0.2, -0.15) is 5.26 Å². The van der Waals surface area contributed by atoms with Crippen LogP contribution in [0.15, 0.2) is 12.2 Å². The molecule has 5 nitrogen and oxygen atoms in total. The number of carbonyl (C=O) groups is 1. The molecule has 0 aliphatic rings. The second kappa shape index (κ2) is 7.97. The zero-order valence-electron chi connectivity index (χ0n) is 8.99. The SMILES string of the molecule is C=C(C#N)C(=O)OC(C)OCCOCC. The topological polar surface area (TPSA) is 68.6 Å². The number of esters is 1. The van der Waals surface area contributed by atoms with Gasteiger partial charge < -0.3 is 14.2 Å². The van der Waals surface area contributed by atoms with Gasteiger partial charge in [0.05, 0.1) is 13.2 Å². The Morgan fingerprint density at radius 3 is 2.73 bits per heavy atom. The fourth-order valence-electron chi connectivity index (χ4n) is 0.719. The molecule has 1 unspecified atom stereocenters. The maximum atomic E-state index is 11.0. The van der Waals surface area contributed by atoms with E-state index in [2.05, 4.69) is 6.58 Å². The standard InChI is InChI=1S/C10H15NO4/c1-4-13-5-6-14-9(3)15-10(12)8(2)7-11/h9H,2,4-6H2,1,3H3. The summed E-state index contributed by atoms with van der Waals surface area (Å²) in [6.45, 7) is 8.05. The van der Waals surface area contributed by atoms with Gasteiger partial charge in [0, 0.05) is 6.61 Å². The molecular weight excluding hydrogens is 198 g/mol. The number of rotatable bonds is 7. The third-order valence-corrected chi connectivity index (χ3v) is 1.44. The lowest BCUT2D eigenvalue weighted by molar-refractivity contribution is -0.171. The molecule has 0 spiro atoms. The van der Waals surface area contributed by atoms with Gasteiger partial charge in [-0.3, -0.25) is 0 Å². The van der Waals surface area contributed by atoms with Crippen LogP contribution in [0.1, 0.15) is 13.8 Å². The Morgan fingerprint density at radius 1 is 1.53 bits per heavy atom.